The second-order valence-electron chi connectivity index (χ2n) is 5.91. The van der Waals surface area contributed by atoms with Gasteiger partial charge in [-0.25, -0.2) is 4.98 Å². The maximum atomic E-state index is 4.72. The molecule has 0 aliphatic carbocycles. The first-order chi connectivity index (χ1) is 10.2. The van der Waals surface area contributed by atoms with Crippen molar-refractivity contribution in [1.29, 1.82) is 0 Å². The van der Waals surface area contributed by atoms with Crippen LogP contribution in [-0.2, 0) is 26.2 Å². The normalized spacial score (nSPS) is 15.6. The Kier molecular flexibility index (Phi) is 4.62. The standard InChI is InChI=1S/C14H22N6S/c1-11(2)5-15-6-14-17-12(9-21-14)7-19-3-4-20-10-16-18-13(20)8-19/h9-11,15H,3-8H2,1-2H3. The molecule has 0 fully saturated rings. The maximum Gasteiger partial charge on any atom is 0.147 e. The largest absolute Gasteiger partial charge is 0.315 e. The molecule has 0 spiro atoms. The monoisotopic (exact) mass is 306 g/mol. The first-order valence-electron chi connectivity index (χ1n) is 7.43. The van der Waals surface area contributed by atoms with E-state index in [1.54, 1.807) is 11.3 Å². The van der Waals surface area contributed by atoms with E-state index in [4.69, 9.17) is 4.98 Å². The maximum absolute atomic E-state index is 4.72. The molecule has 1 N–H and O–H groups in total. The van der Waals surface area contributed by atoms with E-state index in [1.165, 1.54) is 5.01 Å². The zero-order valence-corrected chi connectivity index (χ0v) is 13.4. The predicted octanol–water partition coefficient (Wildman–Crippen LogP) is 1.50. The van der Waals surface area contributed by atoms with Gasteiger partial charge in [0, 0.05) is 31.6 Å². The van der Waals surface area contributed by atoms with Gasteiger partial charge in [-0.05, 0) is 12.5 Å². The van der Waals surface area contributed by atoms with Crippen LogP contribution in [-0.4, -0.2) is 37.7 Å². The third-order valence-corrected chi connectivity index (χ3v) is 4.43. The zero-order chi connectivity index (χ0) is 14.7. The van der Waals surface area contributed by atoms with Gasteiger partial charge in [0.2, 0.25) is 0 Å². The average molecular weight is 306 g/mol. The molecule has 3 rings (SSSR count). The van der Waals surface area contributed by atoms with Crippen LogP contribution in [0, 0.1) is 5.92 Å². The Labute approximate surface area is 129 Å². The van der Waals surface area contributed by atoms with Crippen LogP contribution in [0.5, 0.6) is 0 Å². The first kappa shape index (κ1) is 14.6. The number of fused-ring (bicyclic) bond motifs is 1. The summed E-state index contributed by atoms with van der Waals surface area (Å²) in [6, 6.07) is 0. The summed E-state index contributed by atoms with van der Waals surface area (Å²) < 4.78 is 2.12. The van der Waals surface area contributed by atoms with Crippen molar-refractivity contribution in [2.24, 2.45) is 5.92 Å². The van der Waals surface area contributed by atoms with E-state index in [1.807, 2.05) is 6.33 Å². The molecule has 21 heavy (non-hydrogen) atoms. The van der Waals surface area contributed by atoms with Crippen molar-refractivity contribution >= 4 is 11.3 Å². The van der Waals surface area contributed by atoms with Gasteiger partial charge >= 0.3 is 0 Å². The van der Waals surface area contributed by atoms with E-state index >= 15 is 0 Å². The summed E-state index contributed by atoms with van der Waals surface area (Å²) in [7, 11) is 0. The number of thiazole rings is 1. The molecule has 114 valence electrons. The molecule has 7 heteroatoms. The fourth-order valence-corrected chi connectivity index (χ4v) is 3.21. The molecule has 1 aliphatic heterocycles. The van der Waals surface area contributed by atoms with E-state index in [-0.39, 0.29) is 0 Å². The summed E-state index contributed by atoms with van der Waals surface area (Å²) in [6.07, 6.45) is 1.81. The predicted molar refractivity (Wildman–Crippen MR) is 82.8 cm³/mol. The molecule has 0 bridgehead atoms. The van der Waals surface area contributed by atoms with E-state index in [2.05, 4.69) is 44.2 Å². The Morgan fingerprint density at radius 2 is 2.29 bits per heavy atom. The molecular weight excluding hydrogens is 284 g/mol. The van der Waals surface area contributed by atoms with Crippen molar-refractivity contribution in [3.8, 4) is 0 Å². The highest BCUT2D eigenvalue weighted by Crippen LogP contribution is 2.15. The van der Waals surface area contributed by atoms with Gasteiger partial charge in [0.25, 0.3) is 0 Å². The molecule has 2 aromatic rings. The molecule has 0 amide bonds. The van der Waals surface area contributed by atoms with Gasteiger partial charge in [-0.1, -0.05) is 13.8 Å². The van der Waals surface area contributed by atoms with Gasteiger partial charge in [0.1, 0.15) is 17.2 Å². The molecule has 2 aromatic heterocycles. The smallest absolute Gasteiger partial charge is 0.147 e. The van der Waals surface area contributed by atoms with Crippen molar-refractivity contribution < 1.29 is 0 Å². The van der Waals surface area contributed by atoms with E-state index in [0.29, 0.717) is 5.92 Å². The summed E-state index contributed by atoms with van der Waals surface area (Å²) in [5.74, 6) is 1.73. The van der Waals surface area contributed by atoms with Crippen LogP contribution in [0.3, 0.4) is 0 Å². The van der Waals surface area contributed by atoms with Crippen LogP contribution in [0.1, 0.15) is 30.4 Å². The van der Waals surface area contributed by atoms with Crippen molar-refractivity contribution in [3.63, 3.8) is 0 Å². The highest BCUT2D eigenvalue weighted by Gasteiger charge is 2.18. The van der Waals surface area contributed by atoms with Crippen LogP contribution < -0.4 is 5.32 Å². The number of nitrogens with one attached hydrogen (secondary N) is 1. The number of rotatable bonds is 6. The lowest BCUT2D eigenvalue weighted by Crippen LogP contribution is -2.33. The summed E-state index contributed by atoms with van der Waals surface area (Å²) in [6.45, 7) is 10.1. The minimum atomic E-state index is 0.676. The fourth-order valence-electron chi connectivity index (χ4n) is 2.45. The van der Waals surface area contributed by atoms with Crippen molar-refractivity contribution in [1.82, 2.24) is 30.0 Å². The van der Waals surface area contributed by atoms with E-state index in [9.17, 15) is 0 Å². The molecule has 1 aliphatic rings. The first-order valence-corrected chi connectivity index (χ1v) is 8.31. The molecule has 0 saturated heterocycles. The summed E-state index contributed by atoms with van der Waals surface area (Å²) >= 11 is 1.74. The zero-order valence-electron chi connectivity index (χ0n) is 12.6. The fraction of sp³-hybridized carbons (Fsp3) is 0.643. The van der Waals surface area contributed by atoms with Gasteiger partial charge in [0.05, 0.1) is 12.2 Å². The Morgan fingerprint density at radius 1 is 1.38 bits per heavy atom. The summed E-state index contributed by atoms with van der Waals surface area (Å²) in [5.41, 5.74) is 1.16. The highest BCUT2D eigenvalue weighted by molar-refractivity contribution is 7.09. The number of hydrogen-bond acceptors (Lipinski definition) is 6. The average Bonchev–Trinajstić information content (AvgIpc) is 3.07. The topological polar surface area (TPSA) is 58.9 Å². The number of nitrogens with zero attached hydrogens (tertiary/aromatic N) is 5. The Balaban J connectivity index is 1.51. The van der Waals surface area contributed by atoms with Crippen LogP contribution >= 0.6 is 11.3 Å². The molecule has 0 saturated carbocycles. The summed E-state index contributed by atoms with van der Waals surface area (Å²) in [4.78, 5) is 7.10. The van der Waals surface area contributed by atoms with Gasteiger partial charge in [0.15, 0.2) is 0 Å². The van der Waals surface area contributed by atoms with Gasteiger partial charge in [-0.3, -0.25) is 4.90 Å². The molecule has 0 unspecified atom stereocenters. The Bertz CT molecular complexity index is 576. The molecule has 3 heterocycles. The molecule has 0 atom stereocenters. The van der Waals surface area contributed by atoms with Crippen LogP contribution in [0.25, 0.3) is 0 Å². The molecular formula is C14H22N6S. The summed E-state index contributed by atoms with van der Waals surface area (Å²) in [5, 5.41) is 14.9. The van der Waals surface area contributed by atoms with E-state index in [0.717, 1.165) is 50.8 Å². The lowest BCUT2D eigenvalue weighted by molar-refractivity contribution is 0.207. The SMILES string of the molecule is CC(C)CNCc1nc(CN2CCn3cnnc3C2)cs1. The second kappa shape index (κ2) is 6.64. The van der Waals surface area contributed by atoms with Crippen molar-refractivity contribution in [2.45, 2.75) is 40.0 Å². The molecule has 0 radical (unpaired) electrons. The minimum absolute atomic E-state index is 0.676. The van der Waals surface area contributed by atoms with Crippen LogP contribution in [0.2, 0.25) is 0 Å². The van der Waals surface area contributed by atoms with Crippen molar-refractivity contribution in [2.75, 3.05) is 13.1 Å². The highest BCUT2D eigenvalue weighted by atomic mass is 32.1. The van der Waals surface area contributed by atoms with Crippen molar-refractivity contribution in [3.05, 3.63) is 28.2 Å². The third kappa shape index (κ3) is 3.87. The van der Waals surface area contributed by atoms with Gasteiger partial charge in [-0.15, -0.1) is 21.5 Å². The molecule has 6 nitrogen and oxygen atoms in total. The quantitative estimate of drug-likeness (QED) is 0.876. The van der Waals surface area contributed by atoms with Crippen LogP contribution in [0.15, 0.2) is 11.7 Å². The van der Waals surface area contributed by atoms with Gasteiger partial charge in [-0.2, -0.15) is 0 Å². The number of aromatic nitrogens is 4. The van der Waals surface area contributed by atoms with Crippen LogP contribution in [0.4, 0.5) is 0 Å². The molecule has 0 aromatic carbocycles. The third-order valence-electron chi connectivity index (χ3n) is 3.53. The minimum Gasteiger partial charge on any atom is -0.315 e. The number of hydrogen-bond donors (Lipinski definition) is 1. The lowest BCUT2D eigenvalue weighted by Gasteiger charge is -2.25. The van der Waals surface area contributed by atoms with Gasteiger partial charge < -0.3 is 9.88 Å². The lowest BCUT2D eigenvalue weighted by atomic mass is 10.2. The Morgan fingerprint density at radius 3 is 3.14 bits per heavy atom. The second-order valence-corrected chi connectivity index (χ2v) is 6.85. The Hall–Kier alpha value is -1.31. The van der Waals surface area contributed by atoms with E-state index < -0.39 is 0 Å².